The number of hydrogen-bond donors (Lipinski definition) is 1. The highest BCUT2D eigenvalue weighted by molar-refractivity contribution is 6.30. The first-order chi connectivity index (χ1) is 14.5. The van der Waals surface area contributed by atoms with Crippen molar-refractivity contribution in [2.45, 2.75) is 19.8 Å². The quantitative estimate of drug-likeness (QED) is 0.402. The van der Waals surface area contributed by atoms with E-state index in [1.807, 2.05) is 48.5 Å². The Hall–Kier alpha value is -3.37. The molecule has 0 bridgehead atoms. The summed E-state index contributed by atoms with van der Waals surface area (Å²) >= 11 is 5.93. The van der Waals surface area contributed by atoms with Crippen molar-refractivity contribution in [1.82, 2.24) is 0 Å². The molecular formula is C25H21ClN2O2. The fourth-order valence-corrected chi connectivity index (χ4v) is 3.22. The summed E-state index contributed by atoms with van der Waals surface area (Å²) in [5.74, 6) is 0.134. The highest BCUT2D eigenvalue weighted by Gasteiger charge is 2.13. The summed E-state index contributed by atoms with van der Waals surface area (Å²) in [6, 6.07) is 24.2. The van der Waals surface area contributed by atoms with Crippen molar-refractivity contribution in [3.05, 3.63) is 101 Å². The van der Waals surface area contributed by atoms with Crippen LogP contribution in [0.1, 0.15) is 35.7 Å². The van der Waals surface area contributed by atoms with Crippen molar-refractivity contribution < 1.29 is 9.21 Å². The van der Waals surface area contributed by atoms with E-state index in [0.29, 0.717) is 27.8 Å². The molecule has 1 amide bonds. The lowest BCUT2D eigenvalue weighted by molar-refractivity contribution is 0.102. The van der Waals surface area contributed by atoms with Crippen LogP contribution in [0.25, 0.3) is 11.0 Å². The van der Waals surface area contributed by atoms with Gasteiger partial charge < -0.3 is 9.73 Å². The summed E-state index contributed by atoms with van der Waals surface area (Å²) < 4.78 is 6.00. The van der Waals surface area contributed by atoms with Crippen LogP contribution in [0.15, 0.2) is 88.3 Å². The van der Waals surface area contributed by atoms with Crippen molar-refractivity contribution in [3.8, 4) is 0 Å². The molecule has 0 saturated heterocycles. The molecule has 0 atom stereocenters. The number of anilines is 1. The van der Waals surface area contributed by atoms with E-state index in [9.17, 15) is 4.79 Å². The zero-order valence-corrected chi connectivity index (χ0v) is 17.5. The molecule has 0 unspecified atom stereocenters. The Balaban J connectivity index is 1.79. The highest BCUT2D eigenvalue weighted by atomic mass is 35.5. The second-order valence-corrected chi connectivity index (χ2v) is 7.76. The maximum absolute atomic E-state index is 13.0. The lowest BCUT2D eigenvalue weighted by Crippen LogP contribution is -2.21. The molecule has 150 valence electrons. The molecule has 0 aliphatic rings. The van der Waals surface area contributed by atoms with E-state index in [1.165, 1.54) is 5.56 Å². The smallest absolute Gasteiger partial charge is 0.261 e. The Kier molecular flexibility index (Phi) is 5.68. The number of fused-ring (bicyclic) bond motifs is 1. The van der Waals surface area contributed by atoms with Gasteiger partial charge in [-0.1, -0.05) is 55.8 Å². The average Bonchev–Trinajstić information content (AvgIpc) is 2.75. The number of halogens is 1. The molecule has 4 rings (SSSR count). The minimum absolute atomic E-state index is 0.262. The Morgan fingerprint density at radius 2 is 1.67 bits per heavy atom. The number of rotatable bonds is 4. The molecule has 1 N–H and O–H groups in total. The van der Waals surface area contributed by atoms with Gasteiger partial charge in [0.25, 0.3) is 5.91 Å². The number of nitrogens with zero attached hydrogens (tertiary/aromatic N) is 1. The van der Waals surface area contributed by atoms with Crippen LogP contribution in [0.4, 0.5) is 11.4 Å². The van der Waals surface area contributed by atoms with Crippen molar-refractivity contribution in [2.75, 3.05) is 5.32 Å². The number of hydrogen-bond acceptors (Lipinski definition) is 3. The van der Waals surface area contributed by atoms with Gasteiger partial charge in [-0.15, -0.1) is 0 Å². The van der Waals surface area contributed by atoms with Gasteiger partial charge in [0, 0.05) is 16.1 Å². The molecule has 0 saturated carbocycles. The lowest BCUT2D eigenvalue weighted by atomic mass is 10.0. The number of carbonyl (C=O) groups excluding carboxylic acids is 1. The molecule has 3 aromatic carbocycles. The minimum Gasteiger partial charge on any atom is -0.438 e. The van der Waals surface area contributed by atoms with Gasteiger partial charge >= 0.3 is 0 Å². The fourth-order valence-electron chi connectivity index (χ4n) is 3.10. The topological polar surface area (TPSA) is 54.6 Å². The molecule has 0 radical (unpaired) electrons. The van der Waals surface area contributed by atoms with Gasteiger partial charge in [-0.05, 0) is 60.0 Å². The van der Waals surface area contributed by atoms with Crippen LogP contribution < -0.4 is 10.9 Å². The van der Waals surface area contributed by atoms with Crippen molar-refractivity contribution in [3.63, 3.8) is 0 Å². The third kappa shape index (κ3) is 4.44. The van der Waals surface area contributed by atoms with Crippen LogP contribution in [0.2, 0.25) is 5.02 Å². The summed E-state index contributed by atoms with van der Waals surface area (Å²) in [6.45, 7) is 4.29. The zero-order chi connectivity index (χ0) is 21.1. The van der Waals surface area contributed by atoms with E-state index in [2.05, 4.69) is 24.2 Å². The summed E-state index contributed by atoms with van der Waals surface area (Å²) in [4.78, 5) is 17.7. The molecule has 0 aliphatic carbocycles. The van der Waals surface area contributed by atoms with E-state index >= 15 is 0 Å². The highest BCUT2D eigenvalue weighted by Crippen LogP contribution is 2.20. The standard InChI is InChI=1S/C25H21ClN2O2/c1-16(2)17-7-11-21(12-8-17)28-25-22(15-18-5-3-4-6-23(18)30-25)24(29)27-20-13-9-19(26)10-14-20/h3-16H,1-2H3,(H,27,29). The molecule has 1 aromatic heterocycles. The lowest BCUT2D eigenvalue weighted by Gasteiger charge is -2.08. The summed E-state index contributed by atoms with van der Waals surface area (Å²) in [5, 5.41) is 4.32. The van der Waals surface area contributed by atoms with Gasteiger partial charge in [-0.3, -0.25) is 4.79 Å². The minimum atomic E-state index is -0.302. The van der Waals surface area contributed by atoms with Crippen LogP contribution in [0, 0.1) is 0 Å². The first-order valence-corrected chi connectivity index (χ1v) is 10.1. The van der Waals surface area contributed by atoms with Crippen LogP contribution in [0.5, 0.6) is 0 Å². The number of carbonyl (C=O) groups is 1. The Bertz CT molecular complexity index is 1260. The van der Waals surface area contributed by atoms with Gasteiger partial charge in [-0.2, -0.15) is 0 Å². The molecule has 4 nitrogen and oxygen atoms in total. The van der Waals surface area contributed by atoms with E-state index < -0.39 is 0 Å². The van der Waals surface area contributed by atoms with Gasteiger partial charge in [0.15, 0.2) is 0 Å². The molecule has 0 fully saturated rings. The van der Waals surface area contributed by atoms with E-state index in [4.69, 9.17) is 16.0 Å². The maximum atomic E-state index is 13.0. The number of benzene rings is 3. The molecular weight excluding hydrogens is 396 g/mol. The maximum Gasteiger partial charge on any atom is 0.261 e. The normalized spacial score (nSPS) is 11.8. The number of amides is 1. The number of nitrogens with one attached hydrogen (secondary N) is 1. The monoisotopic (exact) mass is 416 g/mol. The van der Waals surface area contributed by atoms with Crippen molar-refractivity contribution >= 4 is 39.9 Å². The van der Waals surface area contributed by atoms with Gasteiger partial charge in [0.2, 0.25) is 5.55 Å². The molecule has 0 aliphatic heterocycles. The predicted molar refractivity (Wildman–Crippen MR) is 121 cm³/mol. The summed E-state index contributed by atoms with van der Waals surface area (Å²) in [7, 11) is 0. The molecule has 30 heavy (non-hydrogen) atoms. The first kappa shape index (κ1) is 19.9. The second kappa shape index (κ2) is 8.56. The van der Waals surface area contributed by atoms with Crippen molar-refractivity contribution in [2.24, 2.45) is 4.99 Å². The molecule has 4 aromatic rings. The number of para-hydroxylation sites is 1. The van der Waals surface area contributed by atoms with Gasteiger partial charge in [-0.25, -0.2) is 4.99 Å². The predicted octanol–water partition coefficient (Wildman–Crippen LogP) is 6.69. The molecule has 5 heteroatoms. The van der Waals surface area contributed by atoms with Crippen LogP contribution in [0.3, 0.4) is 0 Å². The largest absolute Gasteiger partial charge is 0.438 e. The van der Waals surface area contributed by atoms with Crippen LogP contribution >= 0.6 is 11.6 Å². The zero-order valence-electron chi connectivity index (χ0n) is 16.7. The van der Waals surface area contributed by atoms with E-state index in [-0.39, 0.29) is 11.5 Å². The van der Waals surface area contributed by atoms with Crippen LogP contribution in [-0.2, 0) is 0 Å². The fraction of sp³-hybridized carbons (Fsp3) is 0.120. The first-order valence-electron chi connectivity index (χ1n) is 9.74. The molecule has 0 spiro atoms. The Morgan fingerprint density at radius 1 is 0.967 bits per heavy atom. The molecule has 1 heterocycles. The third-order valence-electron chi connectivity index (χ3n) is 4.79. The SMILES string of the molecule is CC(C)c1ccc(N=c2oc3ccccc3cc2C(=O)Nc2ccc(Cl)cc2)cc1. The third-order valence-corrected chi connectivity index (χ3v) is 5.04. The van der Waals surface area contributed by atoms with E-state index in [1.54, 1.807) is 30.3 Å². The Morgan fingerprint density at radius 3 is 2.37 bits per heavy atom. The van der Waals surface area contributed by atoms with Crippen molar-refractivity contribution in [1.29, 1.82) is 0 Å². The van der Waals surface area contributed by atoms with Crippen LogP contribution in [-0.4, -0.2) is 5.91 Å². The second-order valence-electron chi connectivity index (χ2n) is 7.32. The summed E-state index contributed by atoms with van der Waals surface area (Å²) in [5.41, 5.74) is 3.88. The summed E-state index contributed by atoms with van der Waals surface area (Å²) in [6.07, 6.45) is 0. The van der Waals surface area contributed by atoms with E-state index in [0.717, 1.165) is 11.1 Å². The Labute approximate surface area is 179 Å². The average molecular weight is 417 g/mol. The van der Waals surface area contributed by atoms with Gasteiger partial charge in [0.1, 0.15) is 11.1 Å². The van der Waals surface area contributed by atoms with Gasteiger partial charge in [0.05, 0.1) is 5.69 Å².